The van der Waals surface area contributed by atoms with Crippen LogP contribution < -0.4 is 5.73 Å². The Kier molecular flexibility index (Phi) is 5.72. The molecular weight excluding hydrogens is 216 g/mol. The maximum absolute atomic E-state index is 11.9. The molecule has 0 fully saturated rings. The van der Waals surface area contributed by atoms with Gasteiger partial charge in [0.25, 0.3) is 0 Å². The number of hydrogen-bond acceptors (Lipinski definition) is 4. The smallest absolute Gasteiger partial charge is 0.216 e. The first-order valence-corrected chi connectivity index (χ1v) is 6.62. The van der Waals surface area contributed by atoms with Gasteiger partial charge in [0.1, 0.15) is 0 Å². The summed E-state index contributed by atoms with van der Waals surface area (Å²) >= 11 is 0. The van der Waals surface area contributed by atoms with Crippen molar-refractivity contribution < 1.29 is 13.2 Å². The van der Waals surface area contributed by atoms with Crippen molar-refractivity contribution >= 4 is 10.0 Å². The fourth-order valence-electron chi connectivity index (χ4n) is 1.40. The predicted octanol–water partition coefficient (Wildman–Crippen LogP) is 0.0218. The number of rotatable bonds is 7. The van der Waals surface area contributed by atoms with Crippen LogP contribution in [0.3, 0.4) is 0 Å². The number of hydrogen-bond donors (Lipinski definition) is 1. The summed E-state index contributed by atoms with van der Waals surface area (Å²) < 4.78 is 30.0. The highest BCUT2D eigenvalue weighted by Gasteiger charge is 2.33. The van der Waals surface area contributed by atoms with Gasteiger partial charge < -0.3 is 10.5 Å². The third kappa shape index (κ3) is 4.06. The van der Waals surface area contributed by atoms with Crippen LogP contribution in [-0.4, -0.2) is 50.8 Å². The number of methoxy groups -OCH3 is 1. The maximum atomic E-state index is 11.9. The molecule has 0 rings (SSSR count). The van der Waals surface area contributed by atoms with Gasteiger partial charge in [-0.25, -0.2) is 8.42 Å². The van der Waals surface area contributed by atoms with Gasteiger partial charge in [-0.3, -0.25) is 0 Å². The highest BCUT2D eigenvalue weighted by molar-refractivity contribution is 7.89. The second-order valence-corrected chi connectivity index (χ2v) is 6.00. The van der Waals surface area contributed by atoms with E-state index in [0.29, 0.717) is 13.1 Å². The summed E-state index contributed by atoms with van der Waals surface area (Å²) in [5, 5.41) is 0. The van der Waals surface area contributed by atoms with Gasteiger partial charge in [-0.15, -0.1) is 0 Å². The number of ether oxygens (including phenoxy) is 1. The Morgan fingerprint density at radius 1 is 1.40 bits per heavy atom. The van der Waals surface area contributed by atoms with E-state index in [-0.39, 0.29) is 12.4 Å². The lowest BCUT2D eigenvalue weighted by Crippen LogP contribution is -2.53. The molecule has 0 radical (unpaired) electrons. The van der Waals surface area contributed by atoms with E-state index in [9.17, 15) is 8.42 Å². The van der Waals surface area contributed by atoms with Crippen LogP contribution in [-0.2, 0) is 14.8 Å². The van der Waals surface area contributed by atoms with E-state index < -0.39 is 15.6 Å². The van der Waals surface area contributed by atoms with Gasteiger partial charge in [-0.1, -0.05) is 6.92 Å². The molecule has 5 nitrogen and oxygen atoms in total. The highest BCUT2D eigenvalue weighted by atomic mass is 32.2. The Morgan fingerprint density at radius 2 is 1.93 bits per heavy atom. The van der Waals surface area contributed by atoms with Crippen molar-refractivity contribution in [2.24, 2.45) is 5.73 Å². The normalized spacial score (nSPS) is 13.5. The summed E-state index contributed by atoms with van der Waals surface area (Å²) in [5.41, 5.74) is 5.03. The average molecular weight is 238 g/mol. The molecule has 0 aromatic rings. The lowest BCUT2D eigenvalue weighted by Gasteiger charge is -2.35. The Labute approximate surface area is 92.6 Å². The summed E-state index contributed by atoms with van der Waals surface area (Å²) in [7, 11) is -1.79. The zero-order valence-corrected chi connectivity index (χ0v) is 10.8. The minimum Gasteiger partial charge on any atom is -0.384 e. The van der Waals surface area contributed by atoms with Crippen molar-refractivity contribution in [3.8, 4) is 0 Å². The molecular formula is C9H22N2O3S. The summed E-state index contributed by atoms with van der Waals surface area (Å²) in [6.07, 6.45) is 0. The van der Waals surface area contributed by atoms with Gasteiger partial charge in [-0.2, -0.15) is 4.31 Å². The molecule has 0 bridgehead atoms. The van der Waals surface area contributed by atoms with Crippen LogP contribution in [0.25, 0.3) is 0 Å². The second kappa shape index (κ2) is 5.79. The molecule has 6 heteroatoms. The molecule has 0 saturated carbocycles. The van der Waals surface area contributed by atoms with Crippen LogP contribution in [0.2, 0.25) is 0 Å². The largest absolute Gasteiger partial charge is 0.384 e. The topological polar surface area (TPSA) is 72.6 Å². The molecule has 0 aromatic carbocycles. The quantitative estimate of drug-likeness (QED) is 0.679. The minimum absolute atomic E-state index is 0.000764. The van der Waals surface area contributed by atoms with E-state index in [4.69, 9.17) is 10.5 Å². The van der Waals surface area contributed by atoms with E-state index in [2.05, 4.69) is 0 Å². The Balaban J connectivity index is 4.81. The van der Waals surface area contributed by atoms with Crippen molar-refractivity contribution in [1.82, 2.24) is 4.31 Å². The molecule has 0 atom stereocenters. The van der Waals surface area contributed by atoms with Gasteiger partial charge in [0.05, 0.1) is 12.4 Å². The fourth-order valence-corrected chi connectivity index (χ4v) is 3.22. The SMILES string of the molecule is CCN(C(C)(C)CN)S(=O)(=O)CCOC. The lowest BCUT2D eigenvalue weighted by atomic mass is 10.1. The van der Waals surface area contributed by atoms with Crippen molar-refractivity contribution in [1.29, 1.82) is 0 Å². The monoisotopic (exact) mass is 238 g/mol. The highest BCUT2D eigenvalue weighted by Crippen LogP contribution is 2.17. The minimum atomic E-state index is -3.28. The van der Waals surface area contributed by atoms with E-state index in [1.807, 2.05) is 20.8 Å². The standard InChI is InChI=1S/C9H22N2O3S/c1-5-11(9(2,3)8-10)15(12,13)7-6-14-4/h5-8,10H2,1-4H3. The molecule has 2 N–H and O–H groups in total. The van der Waals surface area contributed by atoms with Gasteiger partial charge in [0, 0.05) is 25.7 Å². The summed E-state index contributed by atoms with van der Waals surface area (Å²) in [6, 6.07) is 0. The fraction of sp³-hybridized carbons (Fsp3) is 1.00. The van der Waals surface area contributed by atoms with E-state index in [1.165, 1.54) is 11.4 Å². The van der Waals surface area contributed by atoms with Crippen LogP contribution in [0.1, 0.15) is 20.8 Å². The van der Waals surface area contributed by atoms with Crippen LogP contribution in [0.4, 0.5) is 0 Å². The molecule has 0 aliphatic heterocycles. The molecule has 0 unspecified atom stereocenters. The van der Waals surface area contributed by atoms with Crippen molar-refractivity contribution in [3.63, 3.8) is 0 Å². The van der Waals surface area contributed by atoms with Crippen LogP contribution in [0.5, 0.6) is 0 Å². The van der Waals surface area contributed by atoms with Gasteiger partial charge >= 0.3 is 0 Å². The third-order valence-corrected chi connectivity index (χ3v) is 4.45. The molecule has 15 heavy (non-hydrogen) atoms. The molecule has 0 spiro atoms. The number of nitrogens with two attached hydrogens (primary N) is 1. The van der Waals surface area contributed by atoms with Crippen molar-refractivity contribution in [2.75, 3.05) is 32.6 Å². The van der Waals surface area contributed by atoms with Gasteiger partial charge in [-0.05, 0) is 13.8 Å². The molecule has 0 amide bonds. The van der Waals surface area contributed by atoms with E-state index in [0.717, 1.165) is 0 Å². The second-order valence-electron chi connectivity index (χ2n) is 3.99. The Hall–Kier alpha value is -0.170. The van der Waals surface area contributed by atoms with Crippen molar-refractivity contribution in [3.05, 3.63) is 0 Å². The first kappa shape index (κ1) is 14.8. The molecule has 0 aliphatic carbocycles. The first-order chi connectivity index (χ1) is 6.81. The first-order valence-electron chi connectivity index (χ1n) is 5.01. The van der Waals surface area contributed by atoms with Crippen LogP contribution in [0, 0.1) is 0 Å². The van der Waals surface area contributed by atoms with Crippen molar-refractivity contribution in [2.45, 2.75) is 26.3 Å². The average Bonchev–Trinajstić information content (AvgIpc) is 2.15. The molecule has 0 aromatic heterocycles. The van der Waals surface area contributed by atoms with E-state index in [1.54, 1.807) is 0 Å². The number of likely N-dealkylation sites (N-methyl/N-ethyl adjacent to an activating group) is 1. The lowest BCUT2D eigenvalue weighted by molar-refractivity contribution is 0.208. The summed E-state index contributed by atoms with van der Waals surface area (Å²) in [5.74, 6) is 0.000764. The van der Waals surface area contributed by atoms with Gasteiger partial charge in [0.2, 0.25) is 10.0 Å². The van der Waals surface area contributed by atoms with E-state index >= 15 is 0 Å². The number of nitrogens with zero attached hydrogens (tertiary/aromatic N) is 1. The summed E-state index contributed by atoms with van der Waals surface area (Å²) in [6.45, 7) is 6.38. The molecule has 0 heterocycles. The third-order valence-electron chi connectivity index (χ3n) is 2.34. The predicted molar refractivity (Wildman–Crippen MR) is 61.2 cm³/mol. The van der Waals surface area contributed by atoms with Gasteiger partial charge in [0.15, 0.2) is 0 Å². The molecule has 0 aliphatic rings. The molecule has 92 valence electrons. The Morgan fingerprint density at radius 3 is 2.27 bits per heavy atom. The Bertz CT molecular complexity index is 275. The van der Waals surface area contributed by atoms with Crippen LogP contribution >= 0.6 is 0 Å². The maximum Gasteiger partial charge on any atom is 0.216 e. The zero-order chi connectivity index (χ0) is 12.1. The molecule has 0 saturated heterocycles. The number of sulfonamides is 1. The van der Waals surface area contributed by atoms with Crippen LogP contribution in [0.15, 0.2) is 0 Å². The summed E-state index contributed by atoms with van der Waals surface area (Å²) in [4.78, 5) is 0. The zero-order valence-electron chi connectivity index (χ0n) is 9.99.